The van der Waals surface area contributed by atoms with Gasteiger partial charge in [0.15, 0.2) is 0 Å². The van der Waals surface area contributed by atoms with E-state index in [1.54, 1.807) is 26.0 Å². The lowest BCUT2D eigenvalue weighted by Gasteiger charge is -2.31. The zero-order valence-corrected chi connectivity index (χ0v) is 14.4. The van der Waals surface area contributed by atoms with E-state index in [-0.39, 0.29) is 18.4 Å². The van der Waals surface area contributed by atoms with Crippen LogP contribution >= 0.6 is 0 Å². The van der Waals surface area contributed by atoms with Crippen LogP contribution in [0, 0.1) is 17.7 Å². The van der Waals surface area contributed by atoms with Crippen molar-refractivity contribution in [3.8, 4) is 0 Å². The molecule has 0 aliphatic carbocycles. The summed E-state index contributed by atoms with van der Waals surface area (Å²) in [6, 6.07) is 5.17. The van der Waals surface area contributed by atoms with Crippen molar-refractivity contribution in [3.63, 3.8) is 0 Å². The molecular weight excluding hydrogens is 327 g/mol. The molecule has 0 radical (unpaired) electrons. The molecule has 1 aromatic rings. The zero-order chi connectivity index (χ0) is 18.4. The van der Waals surface area contributed by atoms with E-state index in [1.807, 2.05) is 0 Å². The molecule has 1 aromatic carbocycles. The Kier molecular flexibility index (Phi) is 4.36. The SMILES string of the molecule is CCOC(=O)C1(CC)NC(c2ccc(F)cc2)C2C(=O)N(C)C(=O)C21. The summed E-state index contributed by atoms with van der Waals surface area (Å²) in [5.74, 6) is -3.19. The first-order chi connectivity index (χ1) is 11.9. The van der Waals surface area contributed by atoms with E-state index in [4.69, 9.17) is 4.74 Å². The average Bonchev–Trinajstić information content (AvgIpc) is 3.06. The molecule has 3 rings (SSSR count). The number of likely N-dealkylation sites (tertiary alicyclic amines) is 1. The Morgan fingerprint density at radius 1 is 1.24 bits per heavy atom. The van der Waals surface area contributed by atoms with Gasteiger partial charge in [-0.15, -0.1) is 0 Å². The van der Waals surface area contributed by atoms with Crippen LogP contribution in [0.4, 0.5) is 4.39 Å². The van der Waals surface area contributed by atoms with Crippen LogP contribution in [0.25, 0.3) is 0 Å². The summed E-state index contributed by atoms with van der Waals surface area (Å²) in [7, 11) is 1.43. The number of halogens is 1. The molecule has 0 spiro atoms. The second-order valence-corrected chi connectivity index (χ2v) is 6.46. The number of imide groups is 1. The van der Waals surface area contributed by atoms with Crippen LogP contribution in [-0.4, -0.2) is 41.9 Å². The lowest BCUT2D eigenvalue weighted by atomic mass is 9.78. The number of nitrogens with one attached hydrogen (secondary N) is 1. The molecule has 4 atom stereocenters. The maximum atomic E-state index is 13.3. The molecule has 2 amide bonds. The Morgan fingerprint density at radius 3 is 2.44 bits per heavy atom. The van der Waals surface area contributed by atoms with Crippen LogP contribution in [0.3, 0.4) is 0 Å². The number of fused-ring (bicyclic) bond motifs is 1. The summed E-state index contributed by atoms with van der Waals surface area (Å²) < 4.78 is 18.5. The van der Waals surface area contributed by atoms with Crippen molar-refractivity contribution in [2.45, 2.75) is 31.8 Å². The van der Waals surface area contributed by atoms with Gasteiger partial charge in [-0.05, 0) is 31.0 Å². The Morgan fingerprint density at radius 2 is 1.88 bits per heavy atom. The number of hydrogen-bond acceptors (Lipinski definition) is 5. The fourth-order valence-corrected chi connectivity index (χ4v) is 4.02. The smallest absolute Gasteiger partial charge is 0.327 e. The van der Waals surface area contributed by atoms with Crippen molar-refractivity contribution in [3.05, 3.63) is 35.6 Å². The predicted octanol–water partition coefficient (Wildman–Crippen LogP) is 1.41. The third kappa shape index (κ3) is 2.45. The van der Waals surface area contributed by atoms with Crippen LogP contribution in [0.1, 0.15) is 31.9 Å². The summed E-state index contributed by atoms with van der Waals surface area (Å²) >= 11 is 0. The molecule has 6 nitrogen and oxygen atoms in total. The van der Waals surface area contributed by atoms with Crippen molar-refractivity contribution >= 4 is 17.8 Å². The van der Waals surface area contributed by atoms with Crippen LogP contribution in [0.15, 0.2) is 24.3 Å². The van der Waals surface area contributed by atoms with Gasteiger partial charge >= 0.3 is 5.97 Å². The fraction of sp³-hybridized carbons (Fsp3) is 0.500. The van der Waals surface area contributed by atoms with Crippen LogP contribution in [0.5, 0.6) is 0 Å². The van der Waals surface area contributed by atoms with Gasteiger partial charge in [0.1, 0.15) is 11.4 Å². The standard InChI is InChI=1S/C18H21FN2O4/c1-4-18(17(24)25-5-2)13-12(15(22)21(3)16(13)23)14(20-18)10-6-8-11(19)9-7-10/h6-9,12-14,20H,4-5H2,1-3H3. The number of benzene rings is 1. The maximum Gasteiger partial charge on any atom is 0.327 e. The minimum atomic E-state index is -1.27. The Balaban J connectivity index is 2.10. The van der Waals surface area contributed by atoms with E-state index < -0.39 is 35.2 Å². The number of nitrogens with zero attached hydrogens (tertiary/aromatic N) is 1. The second kappa shape index (κ2) is 6.22. The Labute approximate surface area is 145 Å². The van der Waals surface area contributed by atoms with E-state index >= 15 is 0 Å². The number of esters is 1. The number of hydrogen-bond donors (Lipinski definition) is 1. The minimum Gasteiger partial charge on any atom is -0.465 e. The number of rotatable bonds is 4. The molecule has 7 heteroatoms. The van der Waals surface area contributed by atoms with Gasteiger partial charge in [0, 0.05) is 13.1 Å². The third-order valence-electron chi connectivity index (χ3n) is 5.30. The molecule has 0 saturated carbocycles. The molecule has 2 saturated heterocycles. The predicted molar refractivity (Wildman–Crippen MR) is 86.7 cm³/mol. The first-order valence-corrected chi connectivity index (χ1v) is 8.39. The molecular formula is C18H21FN2O4. The number of amides is 2. The van der Waals surface area contributed by atoms with E-state index in [0.29, 0.717) is 12.0 Å². The van der Waals surface area contributed by atoms with E-state index in [9.17, 15) is 18.8 Å². The third-order valence-corrected chi connectivity index (χ3v) is 5.30. The summed E-state index contributed by atoms with van der Waals surface area (Å²) in [6.07, 6.45) is 0.303. The van der Waals surface area contributed by atoms with Gasteiger partial charge in [-0.3, -0.25) is 24.6 Å². The van der Waals surface area contributed by atoms with Gasteiger partial charge < -0.3 is 4.74 Å². The van der Waals surface area contributed by atoms with Crippen molar-refractivity contribution in [1.82, 2.24) is 10.2 Å². The van der Waals surface area contributed by atoms with Crippen molar-refractivity contribution in [2.75, 3.05) is 13.7 Å². The van der Waals surface area contributed by atoms with Gasteiger partial charge in [0.05, 0.1) is 18.4 Å². The first-order valence-electron chi connectivity index (χ1n) is 8.39. The quantitative estimate of drug-likeness (QED) is 0.658. The highest BCUT2D eigenvalue weighted by Gasteiger charge is 2.67. The monoisotopic (exact) mass is 348 g/mol. The van der Waals surface area contributed by atoms with Gasteiger partial charge in [-0.2, -0.15) is 0 Å². The topological polar surface area (TPSA) is 75.7 Å². The largest absolute Gasteiger partial charge is 0.465 e. The van der Waals surface area contributed by atoms with Crippen molar-refractivity contribution in [1.29, 1.82) is 0 Å². The minimum absolute atomic E-state index is 0.179. The van der Waals surface area contributed by atoms with E-state index in [1.165, 1.54) is 19.2 Å². The summed E-state index contributed by atoms with van der Waals surface area (Å²) in [4.78, 5) is 39.2. The zero-order valence-electron chi connectivity index (χ0n) is 14.4. The van der Waals surface area contributed by atoms with E-state index in [2.05, 4.69) is 5.32 Å². The summed E-state index contributed by atoms with van der Waals surface area (Å²) in [5.41, 5.74) is -0.607. The molecule has 4 unspecified atom stereocenters. The fourth-order valence-electron chi connectivity index (χ4n) is 4.02. The highest BCUT2D eigenvalue weighted by atomic mass is 19.1. The lowest BCUT2D eigenvalue weighted by Crippen LogP contribution is -2.55. The normalized spacial score (nSPS) is 31.4. The number of ether oxygens (including phenoxy) is 1. The van der Waals surface area contributed by atoms with E-state index in [0.717, 1.165) is 4.90 Å². The number of carbonyl (C=O) groups is 3. The Hall–Kier alpha value is -2.28. The molecule has 1 N–H and O–H groups in total. The average molecular weight is 348 g/mol. The molecule has 0 aromatic heterocycles. The van der Waals surface area contributed by atoms with Crippen LogP contribution in [-0.2, 0) is 19.1 Å². The molecule has 25 heavy (non-hydrogen) atoms. The molecule has 0 bridgehead atoms. The van der Waals surface area contributed by atoms with Gasteiger partial charge in [-0.1, -0.05) is 19.1 Å². The first kappa shape index (κ1) is 17.5. The summed E-state index contributed by atoms with van der Waals surface area (Å²) in [6.45, 7) is 3.65. The maximum absolute atomic E-state index is 13.3. The van der Waals surface area contributed by atoms with Gasteiger partial charge in [-0.25, -0.2) is 4.39 Å². The van der Waals surface area contributed by atoms with Gasteiger partial charge in [0.2, 0.25) is 11.8 Å². The highest BCUT2D eigenvalue weighted by Crippen LogP contribution is 2.50. The molecule has 2 aliphatic rings. The molecule has 134 valence electrons. The molecule has 2 heterocycles. The summed E-state index contributed by atoms with van der Waals surface area (Å²) in [5, 5.41) is 3.19. The van der Waals surface area contributed by atoms with Crippen molar-refractivity contribution in [2.24, 2.45) is 11.8 Å². The van der Waals surface area contributed by atoms with Gasteiger partial charge in [0.25, 0.3) is 0 Å². The Bertz CT molecular complexity index is 720. The highest BCUT2D eigenvalue weighted by molar-refractivity contribution is 6.09. The molecule has 2 aliphatic heterocycles. The number of carbonyl (C=O) groups excluding carboxylic acids is 3. The molecule has 2 fully saturated rings. The van der Waals surface area contributed by atoms with Crippen LogP contribution < -0.4 is 5.32 Å². The van der Waals surface area contributed by atoms with Crippen molar-refractivity contribution < 1.29 is 23.5 Å². The lowest BCUT2D eigenvalue weighted by molar-refractivity contribution is -0.156. The van der Waals surface area contributed by atoms with Crippen LogP contribution in [0.2, 0.25) is 0 Å². The second-order valence-electron chi connectivity index (χ2n) is 6.46.